The van der Waals surface area contributed by atoms with Crippen molar-refractivity contribution in [3.05, 3.63) is 0 Å². The van der Waals surface area contributed by atoms with Crippen LogP contribution in [-0.4, -0.2) is 25.4 Å². The molecule has 0 aromatic rings. The van der Waals surface area contributed by atoms with Crippen molar-refractivity contribution in [2.75, 3.05) is 13.7 Å². The van der Waals surface area contributed by atoms with E-state index in [1.54, 1.807) is 7.11 Å². The molecule has 0 aliphatic carbocycles. The average molecular weight is 154 g/mol. The van der Waals surface area contributed by atoms with E-state index in [0.29, 0.717) is 6.10 Å². The van der Waals surface area contributed by atoms with Crippen LogP contribution in [0, 0.1) is 11.8 Å². The minimum atomic E-state index is -0.311. The van der Waals surface area contributed by atoms with E-state index in [2.05, 4.69) is 11.8 Å². The van der Waals surface area contributed by atoms with Gasteiger partial charge >= 0.3 is 0 Å². The van der Waals surface area contributed by atoms with Gasteiger partial charge in [-0.05, 0) is 13.8 Å². The molecule has 1 atom stereocenters. The highest BCUT2D eigenvalue weighted by Crippen LogP contribution is 2.12. The molecule has 1 aliphatic heterocycles. The number of epoxide rings is 1. The first-order valence-corrected chi connectivity index (χ1v) is 3.81. The summed E-state index contributed by atoms with van der Waals surface area (Å²) in [5.74, 6) is 6.07. The van der Waals surface area contributed by atoms with E-state index in [1.807, 2.05) is 13.8 Å². The summed E-state index contributed by atoms with van der Waals surface area (Å²) in [4.78, 5) is 0. The van der Waals surface area contributed by atoms with E-state index in [0.717, 1.165) is 13.0 Å². The third-order valence-electron chi connectivity index (χ3n) is 1.63. The van der Waals surface area contributed by atoms with E-state index in [9.17, 15) is 0 Å². The smallest absolute Gasteiger partial charge is 0.122 e. The van der Waals surface area contributed by atoms with Gasteiger partial charge in [0, 0.05) is 13.5 Å². The summed E-state index contributed by atoms with van der Waals surface area (Å²) in [6.45, 7) is 4.78. The molecule has 0 aromatic carbocycles. The van der Waals surface area contributed by atoms with E-state index in [-0.39, 0.29) is 5.60 Å². The van der Waals surface area contributed by atoms with Crippen LogP contribution in [0.1, 0.15) is 20.3 Å². The second-order valence-electron chi connectivity index (χ2n) is 3.18. The Hall–Kier alpha value is -0.520. The van der Waals surface area contributed by atoms with Crippen LogP contribution >= 0.6 is 0 Å². The van der Waals surface area contributed by atoms with Crippen molar-refractivity contribution in [3.63, 3.8) is 0 Å². The van der Waals surface area contributed by atoms with Crippen molar-refractivity contribution in [1.82, 2.24) is 0 Å². The molecule has 1 unspecified atom stereocenters. The largest absolute Gasteiger partial charge is 0.372 e. The molecule has 1 aliphatic rings. The summed E-state index contributed by atoms with van der Waals surface area (Å²) in [7, 11) is 1.67. The molecule has 0 N–H and O–H groups in total. The number of hydrogen-bond donors (Lipinski definition) is 0. The fourth-order valence-corrected chi connectivity index (χ4v) is 0.615. The summed E-state index contributed by atoms with van der Waals surface area (Å²) in [6.07, 6.45) is 1.24. The van der Waals surface area contributed by atoms with Gasteiger partial charge in [0.1, 0.15) is 5.60 Å². The molecule has 0 bridgehead atoms. The first-order chi connectivity index (χ1) is 5.14. The Kier molecular flexibility index (Phi) is 2.53. The minimum absolute atomic E-state index is 0.311. The summed E-state index contributed by atoms with van der Waals surface area (Å²) in [6, 6.07) is 0. The lowest BCUT2D eigenvalue weighted by atomic mass is 10.1. The third-order valence-corrected chi connectivity index (χ3v) is 1.63. The first kappa shape index (κ1) is 8.58. The van der Waals surface area contributed by atoms with E-state index >= 15 is 0 Å². The van der Waals surface area contributed by atoms with E-state index in [1.165, 1.54) is 0 Å². The molecule has 1 saturated heterocycles. The highest BCUT2D eigenvalue weighted by molar-refractivity contribution is 5.12. The van der Waals surface area contributed by atoms with Crippen LogP contribution in [0.3, 0.4) is 0 Å². The predicted octanol–water partition coefficient (Wildman–Crippen LogP) is 1.20. The summed E-state index contributed by atoms with van der Waals surface area (Å²) in [5.41, 5.74) is -0.311. The van der Waals surface area contributed by atoms with Gasteiger partial charge in [-0.1, -0.05) is 11.8 Å². The summed E-state index contributed by atoms with van der Waals surface area (Å²) in [5, 5.41) is 0. The molecule has 1 fully saturated rings. The van der Waals surface area contributed by atoms with Gasteiger partial charge in [-0.2, -0.15) is 0 Å². The normalized spacial score (nSPS) is 22.3. The molecular weight excluding hydrogens is 140 g/mol. The van der Waals surface area contributed by atoms with Crippen molar-refractivity contribution in [3.8, 4) is 11.8 Å². The predicted molar refractivity (Wildman–Crippen MR) is 43.2 cm³/mol. The van der Waals surface area contributed by atoms with Crippen molar-refractivity contribution >= 4 is 0 Å². The van der Waals surface area contributed by atoms with Gasteiger partial charge in [-0.25, -0.2) is 0 Å². The van der Waals surface area contributed by atoms with Gasteiger partial charge in [-0.15, -0.1) is 0 Å². The molecule has 1 rings (SSSR count). The number of ether oxygens (including phenoxy) is 2. The Balaban J connectivity index is 2.28. The van der Waals surface area contributed by atoms with Crippen LogP contribution in [0.4, 0.5) is 0 Å². The van der Waals surface area contributed by atoms with Crippen LogP contribution in [0.5, 0.6) is 0 Å². The van der Waals surface area contributed by atoms with Crippen LogP contribution in [0.2, 0.25) is 0 Å². The maximum Gasteiger partial charge on any atom is 0.122 e. The molecular formula is C9H14O2. The maximum atomic E-state index is 5.13. The molecule has 1 heterocycles. The van der Waals surface area contributed by atoms with Crippen molar-refractivity contribution in [2.24, 2.45) is 0 Å². The monoisotopic (exact) mass is 154 g/mol. The lowest BCUT2D eigenvalue weighted by Gasteiger charge is -2.13. The maximum absolute atomic E-state index is 5.13. The van der Waals surface area contributed by atoms with Gasteiger partial charge in [0.25, 0.3) is 0 Å². The fraction of sp³-hybridized carbons (Fsp3) is 0.778. The minimum Gasteiger partial charge on any atom is -0.372 e. The molecule has 11 heavy (non-hydrogen) atoms. The van der Waals surface area contributed by atoms with Gasteiger partial charge in [0.15, 0.2) is 0 Å². The number of methoxy groups -OCH3 is 1. The highest BCUT2D eigenvalue weighted by Gasteiger charge is 2.20. The second kappa shape index (κ2) is 3.25. The van der Waals surface area contributed by atoms with Crippen LogP contribution < -0.4 is 0 Å². The van der Waals surface area contributed by atoms with E-state index in [4.69, 9.17) is 9.47 Å². The Labute approximate surface area is 67.9 Å². The Morgan fingerprint density at radius 2 is 2.27 bits per heavy atom. The number of rotatable bonds is 2. The fourth-order valence-electron chi connectivity index (χ4n) is 0.615. The van der Waals surface area contributed by atoms with Gasteiger partial charge in [0.05, 0.1) is 12.7 Å². The summed E-state index contributed by atoms with van der Waals surface area (Å²) < 4.78 is 10.1. The zero-order chi connectivity index (χ0) is 8.32. The highest BCUT2D eigenvalue weighted by atomic mass is 16.6. The number of hydrogen-bond acceptors (Lipinski definition) is 2. The molecule has 2 heteroatoms. The second-order valence-corrected chi connectivity index (χ2v) is 3.18. The van der Waals surface area contributed by atoms with Crippen LogP contribution in [0.25, 0.3) is 0 Å². The molecule has 0 radical (unpaired) electrons. The first-order valence-electron chi connectivity index (χ1n) is 3.81. The standard InChI is InChI=1S/C9H14O2/c1-9(2,10-3)6-4-5-8-7-11-8/h8H,5,7H2,1-3H3. The Bertz CT molecular complexity index is 181. The van der Waals surface area contributed by atoms with Crippen LogP contribution in [-0.2, 0) is 9.47 Å². The topological polar surface area (TPSA) is 21.8 Å². The zero-order valence-electron chi connectivity index (χ0n) is 7.31. The van der Waals surface area contributed by atoms with E-state index < -0.39 is 0 Å². The molecule has 62 valence electrons. The Morgan fingerprint density at radius 3 is 2.73 bits per heavy atom. The van der Waals surface area contributed by atoms with Gasteiger partial charge in [0.2, 0.25) is 0 Å². The third kappa shape index (κ3) is 3.41. The quantitative estimate of drug-likeness (QED) is 0.440. The summed E-state index contributed by atoms with van der Waals surface area (Å²) >= 11 is 0. The molecule has 0 amide bonds. The molecule has 0 saturated carbocycles. The van der Waals surface area contributed by atoms with Gasteiger partial charge < -0.3 is 9.47 Å². The SMILES string of the molecule is COC(C)(C)C#CCC1CO1. The van der Waals surface area contributed by atoms with Gasteiger partial charge in [-0.3, -0.25) is 0 Å². The Morgan fingerprint density at radius 1 is 1.64 bits per heavy atom. The van der Waals surface area contributed by atoms with Crippen molar-refractivity contribution in [1.29, 1.82) is 0 Å². The van der Waals surface area contributed by atoms with Crippen LogP contribution in [0.15, 0.2) is 0 Å². The average Bonchev–Trinajstić information content (AvgIpc) is 2.71. The molecule has 0 aromatic heterocycles. The lowest BCUT2D eigenvalue weighted by Crippen LogP contribution is -2.19. The molecule has 2 nitrogen and oxygen atoms in total. The zero-order valence-corrected chi connectivity index (χ0v) is 7.31. The van der Waals surface area contributed by atoms with Crippen molar-refractivity contribution < 1.29 is 9.47 Å². The lowest BCUT2D eigenvalue weighted by molar-refractivity contribution is 0.0741. The molecule has 0 spiro atoms. The van der Waals surface area contributed by atoms with Crippen molar-refractivity contribution in [2.45, 2.75) is 32.0 Å².